The highest BCUT2D eigenvalue weighted by Crippen LogP contribution is 2.25. The van der Waals surface area contributed by atoms with Gasteiger partial charge in [0.1, 0.15) is 0 Å². The number of hydrogen-bond donors (Lipinski definition) is 2. The van der Waals surface area contributed by atoms with Gasteiger partial charge in [-0.05, 0) is 36.6 Å². The summed E-state index contributed by atoms with van der Waals surface area (Å²) in [7, 11) is 1.51. The largest absolute Gasteiger partial charge is 0.494 e. The van der Waals surface area contributed by atoms with Crippen molar-refractivity contribution in [1.82, 2.24) is 5.32 Å². The van der Waals surface area contributed by atoms with Crippen molar-refractivity contribution in [2.75, 3.05) is 19.4 Å². The van der Waals surface area contributed by atoms with Gasteiger partial charge in [0.15, 0.2) is 5.75 Å². The molecule has 4 heteroatoms. The van der Waals surface area contributed by atoms with Crippen molar-refractivity contribution in [3.63, 3.8) is 0 Å². The lowest BCUT2D eigenvalue weighted by Gasteiger charge is -2.11. The number of nitrogens with one attached hydrogen (secondary N) is 1. The van der Waals surface area contributed by atoms with Gasteiger partial charge in [0.05, 0.1) is 18.4 Å². The zero-order chi connectivity index (χ0) is 15.2. The van der Waals surface area contributed by atoms with Gasteiger partial charge in [-0.2, -0.15) is 0 Å². The molecule has 0 saturated carbocycles. The van der Waals surface area contributed by atoms with Gasteiger partial charge in [-0.3, -0.25) is 4.79 Å². The highest BCUT2D eigenvalue weighted by molar-refractivity contribution is 5.98. The van der Waals surface area contributed by atoms with Crippen LogP contribution in [0.2, 0.25) is 0 Å². The van der Waals surface area contributed by atoms with Gasteiger partial charge < -0.3 is 15.8 Å². The predicted molar refractivity (Wildman–Crippen MR) is 84.6 cm³/mol. The lowest BCUT2D eigenvalue weighted by Crippen LogP contribution is -2.26. The summed E-state index contributed by atoms with van der Waals surface area (Å²) in [4.78, 5) is 12.2. The molecule has 0 heterocycles. The Morgan fingerprint density at radius 1 is 1.19 bits per heavy atom. The van der Waals surface area contributed by atoms with Gasteiger partial charge in [0.25, 0.3) is 5.91 Å². The standard InChI is InChI=1S/C17H20N2O2/c1-12-6-3-4-7-13(12)10-11-19-17(20)14-8-5-9-15(18)16(14)21-2/h3-9H,10-11,18H2,1-2H3,(H,19,20). The molecule has 0 aliphatic rings. The van der Waals surface area contributed by atoms with E-state index in [1.165, 1.54) is 18.2 Å². The lowest BCUT2D eigenvalue weighted by atomic mass is 10.1. The van der Waals surface area contributed by atoms with E-state index in [2.05, 4.69) is 24.4 Å². The van der Waals surface area contributed by atoms with Crippen LogP contribution in [0.4, 0.5) is 5.69 Å². The lowest BCUT2D eigenvalue weighted by molar-refractivity contribution is 0.0951. The second kappa shape index (κ2) is 6.79. The molecule has 0 aliphatic carbocycles. The summed E-state index contributed by atoms with van der Waals surface area (Å²) in [5.41, 5.74) is 9.19. The SMILES string of the molecule is COc1c(N)cccc1C(=O)NCCc1ccccc1C. The zero-order valence-electron chi connectivity index (χ0n) is 12.3. The second-order valence-electron chi connectivity index (χ2n) is 4.86. The van der Waals surface area contributed by atoms with Crippen molar-refractivity contribution in [3.8, 4) is 5.75 Å². The van der Waals surface area contributed by atoms with Crippen LogP contribution >= 0.6 is 0 Å². The van der Waals surface area contributed by atoms with Crippen LogP contribution in [0, 0.1) is 6.92 Å². The molecular formula is C17H20N2O2. The molecule has 0 aliphatic heterocycles. The smallest absolute Gasteiger partial charge is 0.255 e. The van der Waals surface area contributed by atoms with Crippen LogP contribution in [-0.4, -0.2) is 19.6 Å². The monoisotopic (exact) mass is 284 g/mol. The number of carbonyl (C=O) groups excluding carboxylic acids is 1. The minimum Gasteiger partial charge on any atom is -0.494 e. The number of aryl methyl sites for hydroxylation is 1. The number of hydrogen-bond acceptors (Lipinski definition) is 3. The number of para-hydroxylation sites is 1. The molecule has 4 nitrogen and oxygen atoms in total. The van der Waals surface area contributed by atoms with Gasteiger partial charge in [-0.25, -0.2) is 0 Å². The molecule has 0 bridgehead atoms. The Balaban J connectivity index is 2.00. The molecule has 0 spiro atoms. The fourth-order valence-corrected chi connectivity index (χ4v) is 2.26. The number of ether oxygens (including phenoxy) is 1. The Morgan fingerprint density at radius 3 is 2.67 bits per heavy atom. The molecule has 0 saturated heterocycles. The summed E-state index contributed by atoms with van der Waals surface area (Å²) in [5.74, 6) is 0.249. The number of rotatable bonds is 5. The van der Waals surface area contributed by atoms with E-state index in [1.807, 2.05) is 12.1 Å². The first kappa shape index (κ1) is 14.9. The number of methoxy groups -OCH3 is 1. The maximum atomic E-state index is 12.2. The summed E-state index contributed by atoms with van der Waals surface area (Å²) in [6.45, 7) is 2.64. The minimum absolute atomic E-state index is 0.173. The van der Waals surface area contributed by atoms with Crippen LogP contribution < -0.4 is 15.8 Å². The van der Waals surface area contributed by atoms with Crippen LogP contribution in [0.1, 0.15) is 21.5 Å². The number of nitrogens with two attached hydrogens (primary N) is 1. The third-order valence-electron chi connectivity index (χ3n) is 3.44. The second-order valence-corrected chi connectivity index (χ2v) is 4.86. The van der Waals surface area contributed by atoms with Gasteiger partial charge >= 0.3 is 0 Å². The Kier molecular flexibility index (Phi) is 4.82. The normalized spacial score (nSPS) is 10.2. The first-order valence-electron chi connectivity index (χ1n) is 6.88. The molecule has 2 aromatic rings. The highest BCUT2D eigenvalue weighted by Gasteiger charge is 2.13. The molecule has 0 atom stereocenters. The Labute approximate surface area is 124 Å². The van der Waals surface area contributed by atoms with Gasteiger partial charge in [0.2, 0.25) is 0 Å². The van der Waals surface area contributed by atoms with Crippen molar-refractivity contribution in [2.24, 2.45) is 0 Å². The maximum absolute atomic E-state index is 12.2. The van der Waals surface area contributed by atoms with E-state index in [9.17, 15) is 4.79 Å². The number of benzene rings is 2. The number of amides is 1. The number of carbonyl (C=O) groups is 1. The molecule has 0 radical (unpaired) electrons. The highest BCUT2D eigenvalue weighted by atomic mass is 16.5. The molecule has 0 unspecified atom stereocenters. The molecule has 2 aromatic carbocycles. The fourth-order valence-electron chi connectivity index (χ4n) is 2.26. The van der Waals surface area contributed by atoms with Crippen molar-refractivity contribution < 1.29 is 9.53 Å². The minimum atomic E-state index is -0.173. The van der Waals surface area contributed by atoms with E-state index in [4.69, 9.17) is 10.5 Å². The van der Waals surface area contributed by atoms with E-state index in [-0.39, 0.29) is 5.91 Å². The number of anilines is 1. The summed E-state index contributed by atoms with van der Waals surface area (Å²) in [6, 6.07) is 13.3. The van der Waals surface area contributed by atoms with Gasteiger partial charge in [0, 0.05) is 6.54 Å². The van der Waals surface area contributed by atoms with Crippen molar-refractivity contribution in [1.29, 1.82) is 0 Å². The zero-order valence-corrected chi connectivity index (χ0v) is 12.3. The fraction of sp³-hybridized carbons (Fsp3) is 0.235. The Morgan fingerprint density at radius 2 is 1.95 bits per heavy atom. The number of nitrogen functional groups attached to an aromatic ring is 1. The van der Waals surface area contributed by atoms with E-state index < -0.39 is 0 Å². The average Bonchev–Trinajstić information content (AvgIpc) is 2.48. The summed E-state index contributed by atoms with van der Waals surface area (Å²) >= 11 is 0. The van der Waals surface area contributed by atoms with Crippen molar-refractivity contribution in [2.45, 2.75) is 13.3 Å². The van der Waals surface area contributed by atoms with E-state index in [1.54, 1.807) is 18.2 Å². The average molecular weight is 284 g/mol. The van der Waals surface area contributed by atoms with Crippen LogP contribution in [0.15, 0.2) is 42.5 Å². The first-order valence-corrected chi connectivity index (χ1v) is 6.88. The Hall–Kier alpha value is -2.49. The van der Waals surface area contributed by atoms with Crippen molar-refractivity contribution in [3.05, 3.63) is 59.2 Å². The summed E-state index contributed by atoms with van der Waals surface area (Å²) < 4.78 is 5.20. The molecule has 1 amide bonds. The topological polar surface area (TPSA) is 64.3 Å². The van der Waals surface area contributed by atoms with E-state index >= 15 is 0 Å². The van der Waals surface area contributed by atoms with Crippen LogP contribution in [0.25, 0.3) is 0 Å². The van der Waals surface area contributed by atoms with Gasteiger partial charge in [-0.1, -0.05) is 30.3 Å². The van der Waals surface area contributed by atoms with Crippen LogP contribution in [-0.2, 0) is 6.42 Å². The summed E-state index contributed by atoms with van der Waals surface area (Å²) in [6.07, 6.45) is 0.795. The van der Waals surface area contributed by atoms with Crippen molar-refractivity contribution >= 4 is 11.6 Å². The molecule has 3 N–H and O–H groups in total. The third kappa shape index (κ3) is 3.54. The van der Waals surface area contributed by atoms with Crippen LogP contribution in [0.5, 0.6) is 5.75 Å². The first-order chi connectivity index (χ1) is 10.1. The summed E-state index contributed by atoms with van der Waals surface area (Å²) in [5, 5.41) is 2.90. The molecule has 21 heavy (non-hydrogen) atoms. The van der Waals surface area contributed by atoms with Crippen LogP contribution in [0.3, 0.4) is 0 Å². The molecule has 0 fully saturated rings. The molecule has 2 rings (SSSR count). The van der Waals surface area contributed by atoms with E-state index in [0.29, 0.717) is 23.5 Å². The molecular weight excluding hydrogens is 264 g/mol. The third-order valence-corrected chi connectivity index (χ3v) is 3.44. The van der Waals surface area contributed by atoms with Gasteiger partial charge in [-0.15, -0.1) is 0 Å². The Bertz CT molecular complexity index is 638. The van der Waals surface area contributed by atoms with E-state index in [0.717, 1.165) is 6.42 Å². The molecule has 0 aromatic heterocycles. The maximum Gasteiger partial charge on any atom is 0.255 e. The quantitative estimate of drug-likeness (QED) is 0.829. The molecule has 110 valence electrons. The predicted octanol–water partition coefficient (Wildman–Crippen LogP) is 2.56.